The van der Waals surface area contributed by atoms with E-state index in [0.29, 0.717) is 47.4 Å². The van der Waals surface area contributed by atoms with E-state index in [9.17, 15) is 9.65 Å². The van der Waals surface area contributed by atoms with E-state index < -0.39 is 11.9 Å². The van der Waals surface area contributed by atoms with E-state index in [4.69, 9.17) is 46.4 Å². The minimum atomic E-state index is -0.548. The van der Waals surface area contributed by atoms with Crippen molar-refractivity contribution in [2.24, 2.45) is 0 Å². The first kappa shape index (κ1) is 30.8. The molecule has 2 aromatic carbocycles. The summed E-state index contributed by atoms with van der Waals surface area (Å²) >= 11 is 27.1. The van der Waals surface area contributed by atoms with Gasteiger partial charge in [-0.15, -0.1) is 16.4 Å². The van der Waals surface area contributed by atoms with Crippen molar-refractivity contribution in [3.8, 4) is 6.07 Å². The molecule has 0 aliphatic carbocycles. The van der Waals surface area contributed by atoms with E-state index in [1.165, 1.54) is 35.7 Å². The van der Waals surface area contributed by atoms with Crippen molar-refractivity contribution in [3.63, 3.8) is 0 Å². The number of aromatic nitrogens is 4. The maximum Gasteiger partial charge on any atom is 0.141 e. The third kappa shape index (κ3) is 6.31. The van der Waals surface area contributed by atoms with E-state index in [2.05, 4.69) is 43.8 Å². The summed E-state index contributed by atoms with van der Waals surface area (Å²) < 4.78 is 16.8. The summed E-state index contributed by atoms with van der Waals surface area (Å²) in [6.07, 6.45) is 5.37. The molecule has 0 saturated carbocycles. The van der Waals surface area contributed by atoms with Crippen LogP contribution in [0.3, 0.4) is 0 Å². The molecule has 1 saturated heterocycles. The van der Waals surface area contributed by atoms with Gasteiger partial charge < -0.3 is 15.5 Å². The number of likely N-dealkylation sites (tertiary alicyclic amines) is 1. The van der Waals surface area contributed by atoms with E-state index in [1.807, 2.05) is 23.0 Å². The number of piperidine rings is 1. The van der Waals surface area contributed by atoms with Gasteiger partial charge in [0.2, 0.25) is 0 Å². The fourth-order valence-corrected chi connectivity index (χ4v) is 7.39. The first-order chi connectivity index (χ1) is 21.2. The van der Waals surface area contributed by atoms with Gasteiger partial charge >= 0.3 is 0 Å². The first-order valence-corrected chi connectivity index (χ1v) is 16.2. The van der Waals surface area contributed by atoms with Crippen molar-refractivity contribution >= 4 is 85.7 Å². The molecule has 2 N–H and O–H groups in total. The summed E-state index contributed by atoms with van der Waals surface area (Å²) in [7, 11) is 0. The molecule has 3 aromatic heterocycles. The topological polar surface area (TPSA) is 94.7 Å². The second-order valence-corrected chi connectivity index (χ2v) is 13.5. The average molecular weight is 690 g/mol. The molecule has 1 aliphatic heterocycles. The Labute approximate surface area is 277 Å². The molecular formula is C30H25Cl4FN8S. The molecule has 226 valence electrons. The number of halogens is 5. The lowest BCUT2D eigenvalue weighted by molar-refractivity contribution is 0.186. The van der Waals surface area contributed by atoms with Crippen molar-refractivity contribution in [3.05, 3.63) is 90.1 Å². The van der Waals surface area contributed by atoms with Crippen LogP contribution < -0.4 is 10.6 Å². The van der Waals surface area contributed by atoms with Gasteiger partial charge in [-0.25, -0.2) is 9.07 Å². The number of anilines is 3. The number of nitrogens with one attached hydrogen (secondary N) is 2. The Morgan fingerprint density at radius 1 is 1.09 bits per heavy atom. The molecule has 1 fully saturated rings. The summed E-state index contributed by atoms with van der Waals surface area (Å²) in [4.78, 5) is 6.86. The smallest absolute Gasteiger partial charge is 0.141 e. The molecule has 0 amide bonds. The SMILES string of the molecule is CCN1CCC(n2cc([C@@H](Nc3cc(Cl)c4ncc(C#N)c(Nc5ccc(F)c(Cl)c5)c4c3)c3cc(Cl)sc3Cl)nn2)CC1. The van der Waals surface area contributed by atoms with Crippen LogP contribution in [0.4, 0.5) is 21.5 Å². The van der Waals surface area contributed by atoms with Crippen LogP contribution in [0.1, 0.15) is 48.7 Å². The number of hydrogen-bond acceptors (Lipinski definition) is 8. The number of fused-ring (bicyclic) bond motifs is 1. The highest BCUT2D eigenvalue weighted by Gasteiger charge is 2.26. The summed E-state index contributed by atoms with van der Waals surface area (Å²) in [5.74, 6) is -0.548. The highest BCUT2D eigenvalue weighted by atomic mass is 35.5. The molecule has 1 atom stereocenters. The van der Waals surface area contributed by atoms with Gasteiger partial charge in [0, 0.05) is 41.6 Å². The summed E-state index contributed by atoms with van der Waals surface area (Å²) in [5, 5.41) is 26.5. The molecule has 44 heavy (non-hydrogen) atoms. The number of nitriles is 1. The van der Waals surface area contributed by atoms with Crippen LogP contribution in [0.5, 0.6) is 0 Å². The molecule has 0 spiro atoms. The van der Waals surface area contributed by atoms with Gasteiger partial charge in [-0.1, -0.05) is 58.5 Å². The molecule has 8 nitrogen and oxygen atoms in total. The fraction of sp³-hybridized carbons (Fsp3) is 0.267. The third-order valence-electron chi connectivity index (χ3n) is 7.74. The zero-order chi connectivity index (χ0) is 31.0. The number of benzene rings is 2. The largest absolute Gasteiger partial charge is 0.373 e. The van der Waals surface area contributed by atoms with Gasteiger partial charge in [-0.2, -0.15) is 5.26 Å². The fourth-order valence-electron chi connectivity index (χ4n) is 5.41. The van der Waals surface area contributed by atoms with Crippen LogP contribution in [-0.4, -0.2) is 44.5 Å². The number of rotatable bonds is 8. The minimum Gasteiger partial charge on any atom is -0.373 e. The predicted molar refractivity (Wildman–Crippen MR) is 176 cm³/mol. The second-order valence-electron chi connectivity index (χ2n) is 10.4. The van der Waals surface area contributed by atoms with Crippen LogP contribution in [0, 0.1) is 17.1 Å². The lowest BCUT2D eigenvalue weighted by Crippen LogP contribution is -2.34. The minimum absolute atomic E-state index is 0.0506. The molecule has 0 radical (unpaired) electrons. The number of thiophene rings is 1. The van der Waals surface area contributed by atoms with Gasteiger partial charge in [0.1, 0.15) is 21.9 Å². The summed E-state index contributed by atoms with van der Waals surface area (Å²) in [5.41, 5.74) is 3.72. The predicted octanol–water partition coefficient (Wildman–Crippen LogP) is 9.11. The zero-order valence-electron chi connectivity index (χ0n) is 23.3. The molecular weight excluding hydrogens is 665 g/mol. The van der Waals surface area contributed by atoms with Crippen LogP contribution in [0.15, 0.2) is 48.8 Å². The van der Waals surface area contributed by atoms with Crippen molar-refractivity contribution in [2.45, 2.75) is 31.8 Å². The highest BCUT2D eigenvalue weighted by Crippen LogP contribution is 2.41. The summed E-state index contributed by atoms with van der Waals surface area (Å²) in [6, 6.07) is 11.5. The van der Waals surface area contributed by atoms with Crippen molar-refractivity contribution in [1.82, 2.24) is 24.9 Å². The molecule has 6 rings (SSSR count). The second kappa shape index (κ2) is 13.1. The maximum atomic E-state index is 13.8. The van der Waals surface area contributed by atoms with E-state index in [0.717, 1.165) is 38.0 Å². The number of nitrogens with zero attached hydrogens (tertiary/aromatic N) is 6. The van der Waals surface area contributed by atoms with Gasteiger partial charge in [-0.05, 0) is 55.8 Å². The molecule has 1 aliphatic rings. The monoisotopic (exact) mass is 688 g/mol. The van der Waals surface area contributed by atoms with Crippen LogP contribution in [-0.2, 0) is 0 Å². The van der Waals surface area contributed by atoms with E-state index >= 15 is 0 Å². The number of pyridine rings is 1. The van der Waals surface area contributed by atoms with Crippen LogP contribution in [0.2, 0.25) is 18.7 Å². The Bertz CT molecular complexity index is 1880. The summed E-state index contributed by atoms with van der Waals surface area (Å²) in [6.45, 7) is 5.23. The van der Waals surface area contributed by atoms with Crippen LogP contribution >= 0.6 is 57.7 Å². The quantitative estimate of drug-likeness (QED) is 0.168. The van der Waals surface area contributed by atoms with Gasteiger partial charge in [0.05, 0.1) is 49.4 Å². The van der Waals surface area contributed by atoms with Crippen molar-refractivity contribution < 1.29 is 4.39 Å². The molecule has 5 aromatic rings. The Balaban J connectivity index is 1.39. The van der Waals surface area contributed by atoms with Gasteiger partial charge in [0.25, 0.3) is 0 Å². The van der Waals surface area contributed by atoms with Gasteiger partial charge in [0.15, 0.2) is 0 Å². The zero-order valence-corrected chi connectivity index (χ0v) is 27.1. The lowest BCUT2D eigenvalue weighted by Gasteiger charge is -2.30. The molecule has 14 heteroatoms. The Morgan fingerprint density at radius 2 is 1.86 bits per heavy atom. The maximum absolute atomic E-state index is 13.8. The highest BCUT2D eigenvalue weighted by molar-refractivity contribution is 7.20. The normalized spacial score (nSPS) is 14.9. The van der Waals surface area contributed by atoms with Crippen molar-refractivity contribution in [2.75, 3.05) is 30.3 Å². The Kier molecular flexibility index (Phi) is 9.15. The first-order valence-electron chi connectivity index (χ1n) is 13.8. The van der Waals surface area contributed by atoms with E-state index in [-0.39, 0.29) is 16.6 Å². The standard InChI is InChI=1S/C30H25Cl4FN8S/c1-2-42-7-5-19(6-8-42)43-15-25(40-41-43)29(21-12-26(33)44-30(21)34)39-18-9-20-27(38-17-3-4-24(35)22(31)10-17)16(13-36)14-37-28(20)23(32)11-18/h3-4,9-12,14-15,19,29,39H,2,5-8H2,1H3,(H,37,38)/t29-/m0/s1. The van der Waals surface area contributed by atoms with Gasteiger partial charge in [-0.3, -0.25) is 4.98 Å². The Hall–Kier alpha value is -3.17. The molecule has 0 unspecified atom stereocenters. The van der Waals surface area contributed by atoms with Crippen molar-refractivity contribution in [1.29, 1.82) is 5.26 Å². The Morgan fingerprint density at radius 3 is 2.55 bits per heavy atom. The third-order valence-corrected chi connectivity index (χ3v) is 9.84. The van der Waals surface area contributed by atoms with E-state index in [1.54, 1.807) is 6.07 Å². The molecule has 0 bridgehead atoms. The number of hydrogen-bond donors (Lipinski definition) is 2. The lowest BCUT2D eigenvalue weighted by atomic mass is 10.0. The average Bonchev–Trinajstić information content (AvgIpc) is 3.64. The molecule has 4 heterocycles. The van der Waals surface area contributed by atoms with Crippen LogP contribution in [0.25, 0.3) is 10.9 Å².